The van der Waals surface area contributed by atoms with Gasteiger partial charge in [0.05, 0.1) is 12.0 Å². The Hall–Kier alpha value is -2.82. The summed E-state index contributed by atoms with van der Waals surface area (Å²) in [7, 11) is 0. The molecule has 0 spiro atoms. The highest BCUT2D eigenvalue weighted by molar-refractivity contribution is 5.78. The van der Waals surface area contributed by atoms with Crippen LogP contribution in [0.1, 0.15) is 286 Å². The molecule has 0 aromatic rings. The van der Waals surface area contributed by atoms with Gasteiger partial charge in [-0.3, -0.25) is 4.79 Å². The van der Waals surface area contributed by atoms with Gasteiger partial charge < -0.3 is 14.8 Å². The molecule has 1 unspecified atom stereocenters. The number of esters is 1. The molecule has 0 saturated carbocycles. The van der Waals surface area contributed by atoms with Gasteiger partial charge in [0.2, 0.25) is 0 Å². The van der Waals surface area contributed by atoms with Gasteiger partial charge in [0.15, 0.2) is 0 Å². The van der Waals surface area contributed by atoms with E-state index >= 15 is 0 Å². The lowest BCUT2D eigenvalue weighted by atomic mass is 9.77. The van der Waals surface area contributed by atoms with E-state index in [4.69, 9.17) is 9.47 Å². The Balaban J connectivity index is 5.15. The van der Waals surface area contributed by atoms with Crippen molar-refractivity contribution < 1.29 is 19.1 Å². The molecule has 0 heterocycles. The average Bonchev–Trinajstić information content (AvgIpc) is 3.30. The normalized spacial score (nSPS) is 13.4. The molecule has 1 amide bonds. The number of hydrogen-bond donors (Lipinski definition) is 1. The monoisotopic (exact) mass is 934 g/mol. The molecule has 5 heteroatoms. The second-order valence-electron chi connectivity index (χ2n) is 20.5. The van der Waals surface area contributed by atoms with Gasteiger partial charge in [-0.1, -0.05) is 222 Å². The third-order valence-electron chi connectivity index (χ3n) is 12.7. The van der Waals surface area contributed by atoms with E-state index in [1.165, 1.54) is 154 Å². The number of rotatable bonds is 48. The van der Waals surface area contributed by atoms with Gasteiger partial charge in [-0.25, -0.2) is 4.79 Å². The first-order chi connectivity index (χ1) is 32.7. The number of carbonyl (C=O) groups is 2. The Bertz CT molecular complexity index is 1220. The van der Waals surface area contributed by atoms with E-state index in [1.807, 2.05) is 20.8 Å². The Morgan fingerprint density at radius 3 is 1.01 bits per heavy atom. The van der Waals surface area contributed by atoms with Gasteiger partial charge in [-0.2, -0.15) is 0 Å². The van der Waals surface area contributed by atoms with Crippen molar-refractivity contribution in [1.82, 2.24) is 5.32 Å². The van der Waals surface area contributed by atoms with Crippen LogP contribution in [0.25, 0.3) is 0 Å². The minimum absolute atomic E-state index is 0.128. The van der Waals surface area contributed by atoms with Crippen molar-refractivity contribution in [3.63, 3.8) is 0 Å². The maximum Gasteiger partial charge on any atom is 0.407 e. The molecule has 5 nitrogen and oxygen atoms in total. The van der Waals surface area contributed by atoms with E-state index in [9.17, 15) is 9.59 Å². The highest BCUT2D eigenvalue weighted by Gasteiger charge is 2.40. The molecule has 1 atom stereocenters. The van der Waals surface area contributed by atoms with Gasteiger partial charge in [0, 0.05) is 6.54 Å². The quantitative estimate of drug-likeness (QED) is 0.0375. The van der Waals surface area contributed by atoms with E-state index in [0.717, 1.165) is 89.9 Å². The zero-order chi connectivity index (χ0) is 49.0. The Kier molecular flexibility index (Phi) is 47.5. The minimum atomic E-state index is -0.736. The molecule has 0 rings (SSSR count). The van der Waals surface area contributed by atoms with Crippen molar-refractivity contribution in [3.05, 3.63) is 72.9 Å². The number of amides is 1. The summed E-state index contributed by atoms with van der Waals surface area (Å²) in [6, 6.07) is 0. The maximum absolute atomic E-state index is 14.3. The molecular formula is C62H111NO4. The second-order valence-corrected chi connectivity index (χ2v) is 20.5. The van der Waals surface area contributed by atoms with Crippen LogP contribution in [0, 0.1) is 5.41 Å². The van der Waals surface area contributed by atoms with Crippen LogP contribution in [0.2, 0.25) is 0 Å². The summed E-state index contributed by atoms with van der Waals surface area (Å²) in [6.45, 7) is 13.1. The summed E-state index contributed by atoms with van der Waals surface area (Å²) in [5, 5.41) is 3.04. The molecule has 0 aliphatic heterocycles. The fourth-order valence-electron chi connectivity index (χ4n) is 8.45. The van der Waals surface area contributed by atoms with Crippen molar-refractivity contribution >= 4 is 12.1 Å². The molecule has 388 valence electrons. The van der Waals surface area contributed by atoms with Gasteiger partial charge >= 0.3 is 12.1 Å². The Labute approximate surface area is 417 Å². The minimum Gasteiger partial charge on any atom is -0.465 e. The summed E-state index contributed by atoms with van der Waals surface area (Å²) < 4.78 is 11.8. The van der Waals surface area contributed by atoms with Gasteiger partial charge in [-0.15, -0.1) is 0 Å². The molecule has 67 heavy (non-hydrogen) atoms. The summed E-state index contributed by atoms with van der Waals surface area (Å²) in [6.07, 6.45) is 71.6. The number of hydrogen-bond acceptors (Lipinski definition) is 4. The molecule has 1 N–H and O–H groups in total. The first-order valence-electron chi connectivity index (χ1n) is 28.7. The Morgan fingerprint density at radius 1 is 0.388 bits per heavy atom. The topological polar surface area (TPSA) is 64.6 Å². The van der Waals surface area contributed by atoms with Crippen LogP contribution in [0.5, 0.6) is 0 Å². The fourth-order valence-corrected chi connectivity index (χ4v) is 8.45. The average molecular weight is 935 g/mol. The van der Waals surface area contributed by atoms with Crippen LogP contribution >= 0.6 is 0 Å². The number of allylic oxidation sites excluding steroid dienone is 12. The molecule has 0 aromatic heterocycles. The zero-order valence-electron chi connectivity index (χ0n) is 45.3. The zero-order valence-corrected chi connectivity index (χ0v) is 45.3. The second kappa shape index (κ2) is 49.6. The van der Waals surface area contributed by atoms with Crippen LogP contribution in [0.4, 0.5) is 4.79 Å². The SMILES string of the molecule is CCCCCC=CCC=CCCCCCCCCC(CCCCCCCC/C=C\C/C=C\CCCCC)(CNC(=O)OC(C)(C)C)C(=O)OCCCCCCCC/C=C\C/C=C\CCCCC. The molecule has 0 aliphatic rings. The van der Waals surface area contributed by atoms with E-state index in [0.29, 0.717) is 6.61 Å². The number of carbonyl (C=O) groups excluding carboxylic acids is 2. The lowest BCUT2D eigenvalue weighted by Gasteiger charge is -2.32. The molecule has 0 aliphatic carbocycles. The summed E-state index contributed by atoms with van der Waals surface area (Å²) in [5.74, 6) is -0.128. The third kappa shape index (κ3) is 46.7. The van der Waals surface area contributed by atoms with Gasteiger partial charge in [0.25, 0.3) is 0 Å². The van der Waals surface area contributed by atoms with Crippen LogP contribution in [-0.2, 0) is 14.3 Å². The molecular weight excluding hydrogens is 823 g/mol. The van der Waals surface area contributed by atoms with E-state index in [2.05, 4.69) is 99.0 Å². The van der Waals surface area contributed by atoms with Crippen LogP contribution in [0.15, 0.2) is 72.9 Å². The highest BCUT2D eigenvalue weighted by atomic mass is 16.6. The molecule has 0 bridgehead atoms. The summed E-state index contributed by atoms with van der Waals surface area (Å²) in [5.41, 5.74) is -1.34. The third-order valence-corrected chi connectivity index (χ3v) is 12.7. The van der Waals surface area contributed by atoms with Crippen LogP contribution in [-0.4, -0.2) is 30.8 Å². The van der Waals surface area contributed by atoms with Crippen molar-refractivity contribution in [2.24, 2.45) is 5.41 Å². The lowest BCUT2D eigenvalue weighted by molar-refractivity contribution is -0.157. The largest absolute Gasteiger partial charge is 0.465 e. The van der Waals surface area contributed by atoms with E-state index < -0.39 is 17.1 Å². The predicted octanol–water partition coefficient (Wildman–Crippen LogP) is 20.3. The summed E-state index contributed by atoms with van der Waals surface area (Å²) in [4.78, 5) is 27.3. The van der Waals surface area contributed by atoms with Crippen LogP contribution < -0.4 is 5.32 Å². The predicted molar refractivity (Wildman–Crippen MR) is 295 cm³/mol. The molecule has 0 fully saturated rings. The smallest absolute Gasteiger partial charge is 0.407 e. The van der Waals surface area contributed by atoms with Crippen molar-refractivity contribution in [1.29, 1.82) is 0 Å². The van der Waals surface area contributed by atoms with Gasteiger partial charge in [0.1, 0.15) is 5.60 Å². The lowest BCUT2D eigenvalue weighted by Crippen LogP contribution is -2.45. The fraction of sp³-hybridized carbons (Fsp3) is 0.774. The highest BCUT2D eigenvalue weighted by Crippen LogP contribution is 2.34. The summed E-state index contributed by atoms with van der Waals surface area (Å²) >= 11 is 0. The van der Waals surface area contributed by atoms with E-state index in [-0.39, 0.29) is 12.5 Å². The number of ether oxygens (including phenoxy) is 2. The standard InChI is InChI=1S/C62H111NO4/c1-7-10-13-16-19-22-25-28-31-34-37-40-43-46-49-52-55-62(58-63-60(65)67-61(4,5)6,56-53-50-47-44-41-38-35-32-29-26-23-20-17-14-11-8-2)59(64)66-57-54-51-48-45-42-39-36-33-30-27-24-21-18-15-12-9-3/h19-24,28-33H,7-18,25-27,34-58H2,1-6H3,(H,63,65)/b22-19-,23-20?,24-21-,31-28-,32-29?,33-30-. The van der Waals surface area contributed by atoms with Crippen molar-refractivity contribution in [2.45, 2.75) is 291 Å². The van der Waals surface area contributed by atoms with Gasteiger partial charge in [-0.05, 0) is 136 Å². The number of alkyl carbamates (subject to hydrolysis) is 1. The molecule has 0 aromatic carbocycles. The van der Waals surface area contributed by atoms with E-state index in [1.54, 1.807) is 0 Å². The number of nitrogens with one attached hydrogen (secondary N) is 1. The van der Waals surface area contributed by atoms with Crippen molar-refractivity contribution in [3.8, 4) is 0 Å². The van der Waals surface area contributed by atoms with Crippen molar-refractivity contribution in [2.75, 3.05) is 13.2 Å². The molecule has 0 saturated heterocycles. The first-order valence-corrected chi connectivity index (χ1v) is 28.7. The maximum atomic E-state index is 14.3. The Morgan fingerprint density at radius 2 is 0.687 bits per heavy atom. The molecule has 0 radical (unpaired) electrons. The van der Waals surface area contributed by atoms with Crippen LogP contribution in [0.3, 0.4) is 0 Å². The number of unbranched alkanes of at least 4 members (excludes halogenated alkanes) is 27. The first kappa shape index (κ1) is 64.2.